The van der Waals surface area contributed by atoms with E-state index in [0.29, 0.717) is 0 Å². The first-order chi connectivity index (χ1) is 8.73. The molecule has 0 rings (SSSR count). The third kappa shape index (κ3) is 7.71. The molecule has 0 heterocycles. The van der Waals surface area contributed by atoms with Gasteiger partial charge in [-0.25, -0.2) is 0 Å². The molecule has 0 aliphatic rings. The first-order valence-corrected chi connectivity index (χ1v) is 5.51. The van der Waals surface area contributed by atoms with Crippen LogP contribution in [0.5, 0.6) is 0 Å². The van der Waals surface area contributed by atoms with E-state index >= 15 is 0 Å². The number of carboxylic acids is 2. The standard InChI is InChI=1S/C10H17N3O6/c1-5(10(18)19)13-7(14)4-12-9(17)6(11)2-3-8(15)16/h5-6H,2-4,11H2,1H3,(H,12,17)(H,13,14)(H,15,16)(H,18,19)/t5-,6-/m0/s1. The van der Waals surface area contributed by atoms with Crippen LogP contribution in [0.4, 0.5) is 0 Å². The van der Waals surface area contributed by atoms with E-state index in [-0.39, 0.29) is 12.8 Å². The van der Waals surface area contributed by atoms with Crippen molar-refractivity contribution >= 4 is 23.8 Å². The minimum Gasteiger partial charge on any atom is -0.481 e. The van der Waals surface area contributed by atoms with E-state index in [1.54, 1.807) is 0 Å². The Morgan fingerprint density at radius 1 is 1.21 bits per heavy atom. The number of amides is 2. The molecule has 108 valence electrons. The number of carbonyl (C=O) groups excluding carboxylic acids is 2. The third-order valence-electron chi connectivity index (χ3n) is 2.18. The van der Waals surface area contributed by atoms with Gasteiger partial charge in [0.15, 0.2) is 0 Å². The van der Waals surface area contributed by atoms with Crippen LogP contribution in [-0.2, 0) is 19.2 Å². The summed E-state index contributed by atoms with van der Waals surface area (Å²) in [5, 5.41) is 21.3. The number of aliphatic carboxylic acids is 2. The molecule has 0 bridgehead atoms. The van der Waals surface area contributed by atoms with Crippen LogP contribution in [0.3, 0.4) is 0 Å². The van der Waals surface area contributed by atoms with Gasteiger partial charge in [0.1, 0.15) is 6.04 Å². The van der Waals surface area contributed by atoms with Crippen molar-refractivity contribution in [1.29, 1.82) is 0 Å². The molecule has 9 nitrogen and oxygen atoms in total. The molecule has 9 heteroatoms. The number of nitrogens with one attached hydrogen (secondary N) is 2. The van der Waals surface area contributed by atoms with Gasteiger partial charge in [-0.3, -0.25) is 19.2 Å². The van der Waals surface area contributed by atoms with Crippen molar-refractivity contribution in [1.82, 2.24) is 10.6 Å². The minimum atomic E-state index is -1.20. The van der Waals surface area contributed by atoms with Gasteiger partial charge < -0.3 is 26.6 Å². The molecular weight excluding hydrogens is 258 g/mol. The Kier molecular flexibility index (Phi) is 7.12. The van der Waals surface area contributed by atoms with Gasteiger partial charge >= 0.3 is 11.9 Å². The lowest BCUT2D eigenvalue weighted by Gasteiger charge is -2.12. The molecular formula is C10H17N3O6. The van der Waals surface area contributed by atoms with Gasteiger partial charge in [-0.2, -0.15) is 0 Å². The second-order valence-corrected chi connectivity index (χ2v) is 3.88. The monoisotopic (exact) mass is 275 g/mol. The highest BCUT2D eigenvalue weighted by atomic mass is 16.4. The number of carboxylic acid groups (broad SMARTS) is 2. The van der Waals surface area contributed by atoms with E-state index < -0.39 is 42.4 Å². The van der Waals surface area contributed by atoms with E-state index in [1.807, 2.05) is 0 Å². The van der Waals surface area contributed by atoms with Crippen LogP contribution in [0.2, 0.25) is 0 Å². The summed E-state index contributed by atoms with van der Waals surface area (Å²) < 4.78 is 0. The number of hydrogen-bond donors (Lipinski definition) is 5. The van der Waals surface area contributed by atoms with E-state index in [4.69, 9.17) is 15.9 Å². The van der Waals surface area contributed by atoms with Crippen molar-refractivity contribution in [3.8, 4) is 0 Å². The van der Waals surface area contributed by atoms with Crippen LogP contribution in [-0.4, -0.2) is 52.6 Å². The molecule has 0 spiro atoms. The number of nitrogens with two attached hydrogens (primary N) is 1. The Morgan fingerprint density at radius 2 is 1.79 bits per heavy atom. The van der Waals surface area contributed by atoms with Gasteiger partial charge in [0.05, 0.1) is 12.6 Å². The lowest BCUT2D eigenvalue weighted by molar-refractivity contribution is -0.141. The average molecular weight is 275 g/mol. The summed E-state index contributed by atoms with van der Waals surface area (Å²) in [6.07, 6.45) is -0.300. The molecule has 0 unspecified atom stereocenters. The Morgan fingerprint density at radius 3 is 2.26 bits per heavy atom. The van der Waals surface area contributed by atoms with E-state index in [9.17, 15) is 19.2 Å². The molecule has 0 aromatic carbocycles. The topological polar surface area (TPSA) is 159 Å². The lowest BCUT2D eigenvalue weighted by atomic mass is 10.1. The molecule has 0 radical (unpaired) electrons. The van der Waals surface area contributed by atoms with Crippen LogP contribution >= 0.6 is 0 Å². The SMILES string of the molecule is C[C@H](NC(=O)CNC(=O)[C@@H](N)CCC(=O)O)C(=O)O. The quantitative estimate of drug-likeness (QED) is 0.338. The highest BCUT2D eigenvalue weighted by Crippen LogP contribution is 1.94. The largest absolute Gasteiger partial charge is 0.481 e. The zero-order valence-corrected chi connectivity index (χ0v) is 10.4. The number of rotatable bonds is 8. The Balaban J connectivity index is 3.98. The van der Waals surface area contributed by atoms with Crippen molar-refractivity contribution in [2.75, 3.05) is 6.54 Å². The van der Waals surface area contributed by atoms with Gasteiger partial charge in [0, 0.05) is 6.42 Å². The summed E-state index contributed by atoms with van der Waals surface area (Å²) >= 11 is 0. The van der Waals surface area contributed by atoms with Crippen LogP contribution in [0.25, 0.3) is 0 Å². The maximum absolute atomic E-state index is 11.4. The first-order valence-electron chi connectivity index (χ1n) is 5.51. The fraction of sp³-hybridized carbons (Fsp3) is 0.600. The van der Waals surface area contributed by atoms with E-state index in [0.717, 1.165) is 0 Å². The summed E-state index contributed by atoms with van der Waals surface area (Å²) in [7, 11) is 0. The molecule has 0 aliphatic heterocycles. The normalized spacial score (nSPS) is 13.2. The summed E-state index contributed by atoms with van der Waals surface area (Å²) in [4.78, 5) is 43.3. The van der Waals surface area contributed by atoms with Crippen LogP contribution in [0.1, 0.15) is 19.8 Å². The number of carbonyl (C=O) groups is 4. The Hall–Kier alpha value is -2.16. The average Bonchev–Trinajstić information content (AvgIpc) is 2.32. The molecule has 2 amide bonds. The Bertz CT molecular complexity index is 370. The molecule has 0 aliphatic carbocycles. The highest BCUT2D eigenvalue weighted by Gasteiger charge is 2.17. The first kappa shape index (κ1) is 16.8. The van der Waals surface area contributed by atoms with E-state index in [1.165, 1.54) is 6.92 Å². The van der Waals surface area contributed by atoms with Crippen molar-refractivity contribution in [3.05, 3.63) is 0 Å². The lowest BCUT2D eigenvalue weighted by Crippen LogP contribution is -2.47. The smallest absolute Gasteiger partial charge is 0.325 e. The van der Waals surface area contributed by atoms with Crippen molar-refractivity contribution in [2.45, 2.75) is 31.8 Å². The Labute approximate surface area is 109 Å². The molecule has 0 aromatic rings. The maximum atomic E-state index is 11.4. The fourth-order valence-corrected chi connectivity index (χ4v) is 1.06. The van der Waals surface area contributed by atoms with Gasteiger partial charge in [0.25, 0.3) is 0 Å². The molecule has 0 aromatic heterocycles. The van der Waals surface area contributed by atoms with E-state index in [2.05, 4.69) is 10.6 Å². The highest BCUT2D eigenvalue weighted by molar-refractivity contribution is 5.89. The van der Waals surface area contributed by atoms with Gasteiger partial charge in [0.2, 0.25) is 11.8 Å². The van der Waals surface area contributed by atoms with Gasteiger partial charge in [-0.05, 0) is 13.3 Å². The molecule has 6 N–H and O–H groups in total. The van der Waals surface area contributed by atoms with Crippen LogP contribution in [0.15, 0.2) is 0 Å². The van der Waals surface area contributed by atoms with Crippen LogP contribution < -0.4 is 16.4 Å². The maximum Gasteiger partial charge on any atom is 0.325 e. The predicted octanol–water partition coefficient (Wildman–Crippen LogP) is -2.12. The summed E-state index contributed by atoms with van der Waals surface area (Å²) in [5.74, 6) is -3.61. The van der Waals surface area contributed by atoms with Gasteiger partial charge in [-0.1, -0.05) is 0 Å². The second kappa shape index (κ2) is 8.03. The molecule has 0 fully saturated rings. The molecule has 19 heavy (non-hydrogen) atoms. The zero-order valence-electron chi connectivity index (χ0n) is 10.4. The summed E-state index contributed by atoms with van der Waals surface area (Å²) in [6.45, 7) is 0.859. The molecule has 2 atom stereocenters. The van der Waals surface area contributed by atoms with Crippen molar-refractivity contribution < 1.29 is 29.4 Å². The summed E-state index contributed by atoms with van der Waals surface area (Å²) in [5.41, 5.74) is 5.40. The number of hydrogen-bond acceptors (Lipinski definition) is 5. The van der Waals surface area contributed by atoms with Crippen LogP contribution in [0, 0.1) is 0 Å². The van der Waals surface area contributed by atoms with Crippen molar-refractivity contribution in [3.63, 3.8) is 0 Å². The second-order valence-electron chi connectivity index (χ2n) is 3.88. The van der Waals surface area contributed by atoms with Gasteiger partial charge in [-0.15, -0.1) is 0 Å². The molecule has 0 saturated carbocycles. The minimum absolute atomic E-state index is 0.0473. The molecule has 0 saturated heterocycles. The predicted molar refractivity (Wildman–Crippen MR) is 63.1 cm³/mol. The zero-order chi connectivity index (χ0) is 15.0. The van der Waals surface area contributed by atoms with Crippen molar-refractivity contribution in [2.24, 2.45) is 5.73 Å². The summed E-state index contributed by atoms with van der Waals surface area (Å²) in [6, 6.07) is -2.09. The fourth-order valence-electron chi connectivity index (χ4n) is 1.06. The third-order valence-corrected chi connectivity index (χ3v) is 2.18.